The molecular formula is C22H32FIN6. The van der Waals surface area contributed by atoms with Gasteiger partial charge in [0, 0.05) is 52.5 Å². The Morgan fingerprint density at radius 3 is 2.60 bits per heavy atom. The molecule has 1 fully saturated rings. The van der Waals surface area contributed by atoms with E-state index in [9.17, 15) is 4.39 Å². The highest BCUT2D eigenvalue weighted by Gasteiger charge is 2.15. The van der Waals surface area contributed by atoms with Gasteiger partial charge >= 0.3 is 0 Å². The lowest BCUT2D eigenvalue weighted by Gasteiger charge is -2.33. The largest absolute Gasteiger partial charge is 0.356 e. The number of halogens is 2. The van der Waals surface area contributed by atoms with Crippen LogP contribution < -0.4 is 15.5 Å². The van der Waals surface area contributed by atoms with E-state index in [0.717, 1.165) is 62.0 Å². The van der Waals surface area contributed by atoms with Crippen LogP contribution in [0.4, 0.5) is 10.2 Å². The van der Waals surface area contributed by atoms with Crippen molar-refractivity contribution in [3.8, 4) is 0 Å². The minimum atomic E-state index is -0.190. The van der Waals surface area contributed by atoms with Crippen molar-refractivity contribution < 1.29 is 4.39 Å². The third-order valence-corrected chi connectivity index (χ3v) is 5.31. The second kappa shape index (κ2) is 12.0. The van der Waals surface area contributed by atoms with Gasteiger partial charge in [-0.15, -0.1) is 24.0 Å². The average Bonchev–Trinajstić information content (AvgIpc) is 2.72. The standard InChI is InChI=1S/C22H31FN6.HI/c1-17-14-20(23)5-4-19(17)7-9-26-22(24-2)27-16-18-6-8-25-21(15-18)29-12-10-28(3)11-13-29;/h4-6,8,14-15H,7,9-13,16H2,1-3H3,(H2,24,26,27);1H. The van der Waals surface area contributed by atoms with Gasteiger partial charge < -0.3 is 20.4 Å². The highest BCUT2D eigenvalue weighted by Crippen LogP contribution is 2.15. The summed E-state index contributed by atoms with van der Waals surface area (Å²) in [6.45, 7) is 7.49. The topological polar surface area (TPSA) is 55.8 Å². The molecule has 0 aliphatic carbocycles. The molecule has 0 saturated carbocycles. The van der Waals surface area contributed by atoms with Gasteiger partial charge in [0.2, 0.25) is 0 Å². The Balaban J connectivity index is 0.00000320. The van der Waals surface area contributed by atoms with E-state index in [0.29, 0.717) is 6.54 Å². The van der Waals surface area contributed by atoms with Gasteiger partial charge in [-0.1, -0.05) is 6.07 Å². The predicted molar refractivity (Wildman–Crippen MR) is 132 cm³/mol. The van der Waals surface area contributed by atoms with Crippen molar-refractivity contribution in [1.29, 1.82) is 0 Å². The second-order valence-electron chi connectivity index (χ2n) is 7.49. The van der Waals surface area contributed by atoms with Gasteiger partial charge in [-0.25, -0.2) is 9.37 Å². The number of rotatable bonds is 6. The van der Waals surface area contributed by atoms with E-state index in [1.807, 2.05) is 25.3 Å². The maximum Gasteiger partial charge on any atom is 0.191 e. The molecule has 1 aliphatic rings. The minimum Gasteiger partial charge on any atom is -0.356 e. The molecule has 0 atom stereocenters. The molecule has 0 amide bonds. The molecule has 2 N–H and O–H groups in total. The molecule has 1 aromatic carbocycles. The van der Waals surface area contributed by atoms with Crippen LogP contribution in [0, 0.1) is 12.7 Å². The van der Waals surface area contributed by atoms with Crippen LogP contribution in [-0.2, 0) is 13.0 Å². The fourth-order valence-corrected chi connectivity index (χ4v) is 3.44. The summed E-state index contributed by atoms with van der Waals surface area (Å²) < 4.78 is 13.2. The molecule has 1 aromatic heterocycles. The molecular weight excluding hydrogens is 494 g/mol. The zero-order chi connectivity index (χ0) is 20.6. The van der Waals surface area contributed by atoms with Crippen LogP contribution >= 0.6 is 24.0 Å². The summed E-state index contributed by atoms with van der Waals surface area (Å²) in [6, 6.07) is 9.11. The smallest absolute Gasteiger partial charge is 0.191 e. The number of hydrogen-bond donors (Lipinski definition) is 2. The summed E-state index contributed by atoms with van der Waals surface area (Å²) in [7, 11) is 3.92. The first-order valence-corrected chi connectivity index (χ1v) is 10.1. The van der Waals surface area contributed by atoms with Crippen molar-refractivity contribution in [3.05, 3.63) is 59.0 Å². The Morgan fingerprint density at radius 2 is 1.90 bits per heavy atom. The van der Waals surface area contributed by atoms with Crippen LogP contribution in [0.3, 0.4) is 0 Å². The molecule has 2 aromatic rings. The normalized spacial score (nSPS) is 14.9. The molecule has 164 valence electrons. The molecule has 0 radical (unpaired) electrons. The maximum atomic E-state index is 13.2. The summed E-state index contributed by atoms with van der Waals surface area (Å²) in [5.41, 5.74) is 3.29. The van der Waals surface area contributed by atoms with Gasteiger partial charge in [0.15, 0.2) is 5.96 Å². The van der Waals surface area contributed by atoms with Crippen LogP contribution in [0.1, 0.15) is 16.7 Å². The summed E-state index contributed by atoms with van der Waals surface area (Å²) >= 11 is 0. The van der Waals surface area contributed by atoms with E-state index in [2.05, 4.69) is 43.5 Å². The van der Waals surface area contributed by atoms with Crippen molar-refractivity contribution in [2.45, 2.75) is 19.9 Å². The van der Waals surface area contributed by atoms with Gasteiger partial charge in [-0.2, -0.15) is 0 Å². The number of nitrogens with one attached hydrogen (secondary N) is 2. The molecule has 1 saturated heterocycles. The van der Waals surface area contributed by atoms with Crippen molar-refractivity contribution in [2.75, 3.05) is 51.7 Å². The molecule has 6 nitrogen and oxygen atoms in total. The van der Waals surface area contributed by atoms with Crippen LogP contribution in [0.5, 0.6) is 0 Å². The Morgan fingerprint density at radius 1 is 1.13 bits per heavy atom. The lowest BCUT2D eigenvalue weighted by atomic mass is 10.1. The highest BCUT2D eigenvalue weighted by atomic mass is 127. The third-order valence-electron chi connectivity index (χ3n) is 5.31. The Labute approximate surface area is 196 Å². The average molecular weight is 526 g/mol. The quantitative estimate of drug-likeness (QED) is 0.345. The molecule has 2 heterocycles. The Kier molecular flexibility index (Phi) is 9.77. The fraction of sp³-hybridized carbons (Fsp3) is 0.455. The van der Waals surface area contributed by atoms with Crippen LogP contribution in [-0.4, -0.2) is 62.7 Å². The van der Waals surface area contributed by atoms with Gasteiger partial charge in [0.25, 0.3) is 0 Å². The van der Waals surface area contributed by atoms with Crippen molar-refractivity contribution in [3.63, 3.8) is 0 Å². The van der Waals surface area contributed by atoms with Gasteiger partial charge in [0.1, 0.15) is 11.6 Å². The van der Waals surface area contributed by atoms with E-state index in [1.54, 1.807) is 13.1 Å². The Bertz CT molecular complexity index is 836. The number of nitrogens with zero attached hydrogens (tertiary/aromatic N) is 4. The summed E-state index contributed by atoms with van der Waals surface area (Å²) in [6.07, 6.45) is 2.69. The molecule has 0 unspecified atom stereocenters. The summed E-state index contributed by atoms with van der Waals surface area (Å²) in [4.78, 5) is 13.5. The molecule has 0 spiro atoms. The van der Waals surface area contributed by atoms with E-state index in [4.69, 9.17) is 0 Å². The number of likely N-dealkylation sites (N-methyl/N-ethyl adjacent to an activating group) is 1. The van der Waals surface area contributed by atoms with Crippen LogP contribution in [0.25, 0.3) is 0 Å². The Hall–Kier alpha value is -1.94. The third kappa shape index (κ3) is 7.09. The number of hydrogen-bond acceptors (Lipinski definition) is 4. The first-order chi connectivity index (χ1) is 14.0. The van der Waals surface area contributed by atoms with Gasteiger partial charge in [0.05, 0.1) is 0 Å². The zero-order valence-corrected chi connectivity index (χ0v) is 20.3. The molecule has 1 aliphatic heterocycles. The summed E-state index contributed by atoms with van der Waals surface area (Å²) in [5, 5.41) is 6.68. The number of aliphatic imine (C=N–C) groups is 1. The highest BCUT2D eigenvalue weighted by molar-refractivity contribution is 14.0. The second-order valence-corrected chi connectivity index (χ2v) is 7.49. The molecule has 3 rings (SSSR count). The lowest BCUT2D eigenvalue weighted by Crippen LogP contribution is -2.44. The molecule has 8 heteroatoms. The zero-order valence-electron chi connectivity index (χ0n) is 18.0. The maximum absolute atomic E-state index is 13.2. The summed E-state index contributed by atoms with van der Waals surface area (Å²) in [5.74, 6) is 1.60. The van der Waals surface area contributed by atoms with Gasteiger partial charge in [-0.05, 0) is 61.3 Å². The van der Waals surface area contributed by atoms with Crippen molar-refractivity contribution in [2.24, 2.45) is 4.99 Å². The SMILES string of the molecule is CN=C(NCCc1ccc(F)cc1C)NCc1ccnc(N2CCN(C)CC2)c1.I. The van der Waals surface area contributed by atoms with Crippen LogP contribution in [0.15, 0.2) is 41.5 Å². The number of anilines is 1. The van der Waals surface area contributed by atoms with E-state index in [1.165, 1.54) is 11.6 Å². The first kappa shape index (κ1) is 24.3. The number of aryl methyl sites for hydroxylation is 1. The number of benzene rings is 1. The molecule has 30 heavy (non-hydrogen) atoms. The number of pyridine rings is 1. The van der Waals surface area contributed by atoms with Crippen molar-refractivity contribution in [1.82, 2.24) is 20.5 Å². The van der Waals surface area contributed by atoms with E-state index in [-0.39, 0.29) is 29.8 Å². The lowest BCUT2D eigenvalue weighted by molar-refractivity contribution is 0.312. The van der Waals surface area contributed by atoms with Crippen molar-refractivity contribution >= 4 is 35.8 Å². The van der Waals surface area contributed by atoms with Gasteiger partial charge in [-0.3, -0.25) is 4.99 Å². The first-order valence-electron chi connectivity index (χ1n) is 10.1. The van der Waals surface area contributed by atoms with E-state index < -0.39 is 0 Å². The number of guanidine groups is 1. The van der Waals surface area contributed by atoms with E-state index >= 15 is 0 Å². The minimum absolute atomic E-state index is 0. The number of aromatic nitrogens is 1. The fourth-order valence-electron chi connectivity index (χ4n) is 3.44. The van der Waals surface area contributed by atoms with Crippen LogP contribution in [0.2, 0.25) is 0 Å². The predicted octanol–water partition coefficient (Wildman–Crippen LogP) is 2.81. The molecule has 0 bridgehead atoms. The monoisotopic (exact) mass is 526 g/mol. The number of piperazine rings is 1.